The summed E-state index contributed by atoms with van der Waals surface area (Å²) in [5.41, 5.74) is 3.50. The van der Waals surface area contributed by atoms with Crippen LogP contribution in [0.5, 0.6) is 0 Å². The normalized spacial score (nSPS) is 11.1. The summed E-state index contributed by atoms with van der Waals surface area (Å²) in [7, 11) is -2.29. The van der Waals surface area contributed by atoms with Crippen LogP contribution in [0.25, 0.3) is 0 Å². The van der Waals surface area contributed by atoms with Crippen molar-refractivity contribution in [3.8, 4) is 0 Å². The number of rotatable bonds is 5. The van der Waals surface area contributed by atoms with Crippen molar-refractivity contribution in [1.82, 2.24) is 0 Å². The van der Waals surface area contributed by atoms with E-state index in [1.54, 1.807) is 30.3 Å². The van der Waals surface area contributed by atoms with Gasteiger partial charge in [0.1, 0.15) is 0 Å². The predicted molar refractivity (Wildman–Crippen MR) is 112 cm³/mol. The van der Waals surface area contributed by atoms with Crippen LogP contribution in [0.3, 0.4) is 0 Å². The van der Waals surface area contributed by atoms with Crippen LogP contribution in [0.2, 0.25) is 0 Å². The first kappa shape index (κ1) is 19.6. The van der Waals surface area contributed by atoms with E-state index >= 15 is 0 Å². The largest absolute Gasteiger partial charge is 0.322 e. The first-order chi connectivity index (χ1) is 13.3. The Kier molecular flexibility index (Phi) is 5.51. The molecule has 28 heavy (non-hydrogen) atoms. The summed E-state index contributed by atoms with van der Waals surface area (Å²) in [4.78, 5) is 12.7. The quantitative estimate of drug-likeness (QED) is 0.698. The molecule has 1 amide bonds. The minimum absolute atomic E-state index is 0.0630. The molecule has 0 saturated heterocycles. The highest BCUT2D eigenvalue weighted by atomic mass is 32.2. The number of nitrogens with one attached hydrogen (secondary N) is 1. The van der Waals surface area contributed by atoms with Gasteiger partial charge in [-0.1, -0.05) is 42.0 Å². The molecule has 0 heterocycles. The maximum Gasteiger partial charge on any atom is 0.264 e. The van der Waals surface area contributed by atoms with Gasteiger partial charge in [0, 0.05) is 18.3 Å². The van der Waals surface area contributed by atoms with Gasteiger partial charge in [0.05, 0.1) is 10.6 Å². The molecule has 0 atom stereocenters. The van der Waals surface area contributed by atoms with Crippen molar-refractivity contribution < 1.29 is 13.2 Å². The number of hydrogen-bond acceptors (Lipinski definition) is 3. The van der Waals surface area contributed by atoms with Gasteiger partial charge in [0.2, 0.25) is 0 Å². The summed E-state index contributed by atoms with van der Waals surface area (Å²) < 4.78 is 27.2. The molecule has 3 aromatic carbocycles. The Hall–Kier alpha value is -3.12. The van der Waals surface area contributed by atoms with Crippen LogP contribution in [0.1, 0.15) is 21.5 Å². The van der Waals surface area contributed by atoms with Gasteiger partial charge in [-0.3, -0.25) is 9.10 Å². The van der Waals surface area contributed by atoms with E-state index in [0.717, 1.165) is 11.1 Å². The molecule has 144 valence electrons. The second-order valence-corrected chi connectivity index (χ2v) is 8.57. The SMILES string of the molecule is Cc1ccc(N(C)S(=O)(=O)c2cccc(C(=O)Nc3ccccc3C)c2)cc1. The Morgan fingerprint density at radius 2 is 1.57 bits per heavy atom. The molecular weight excluding hydrogens is 372 g/mol. The van der Waals surface area contributed by atoms with Gasteiger partial charge in [0.25, 0.3) is 15.9 Å². The third-order valence-corrected chi connectivity index (χ3v) is 6.33. The Labute approximate surface area is 165 Å². The third kappa shape index (κ3) is 4.07. The molecule has 0 unspecified atom stereocenters. The van der Waals surface area contributed by atoms with Gasteiger partial charge < -0.3 is 5.32 Å². The monoisotopic (exact) mass is 394 g/mol. The standard InChI is InChI=1S/C22H22N2O3S/c1-16-11-13-19(14-12-16)24(3)28(26,27)20-9-6-8-18(15-20)22(25)23-21-10-5-4-7-17(21)2/h4-15H,1-3H3,(H,23,25). The second kappa shape index (κ2) is 7.86. The molecule has 0 aliphatic rings. The van der Waals surface area contributed by atoms with Gasteiger partial charge >= 0.3 is 0 Å². The molecule has 0 aromatic heterocycles. The maximum atomic E-state index is 13.0. The van der Waals surface area contributed by atoms with Gasteiger partial charge in [-0.25, -0.2) is 8.42 Å². The van der Waals surface area contributed by atoms with Crippen LogP contribution in [-0.2, 0) is 10.0 Å². The first-order valence-corrected chi connectivity index (χ1v) is 10.3. The lowest BCUT2D eigenvalue weighted by molar-refractivity contribution is 0.102. The molecule has 6 heteroatoms. The smallest absolute Gasteiger partial charge is 0.264 e. The van der Waals surface area contributed by atoms with E-state index in [4.69, 9.17) is 0 Å². The minimum Gasteiger partial charge on any atom is -0.322 e. The van der Waals surface area contributed by atoms with E-state index in [2.05, 4.69) is 5.32 Å². The van der Waals surface area contributed by atoms with Gasteiger partial charge in [0.15, 0.2) is 0 Å². The molecular formula is C22H22N2O3S. The zero-order valence-electron chi connectivity index (χ0n) is 16.0. The van der Waals surface area contributed by atoms with Crippen molar-refractivity contribution in [3.05, 3.63) is 89.5 Å². The summed E-state index contributed by atoms with van der Waals surface area (Å²) in [6.07, 6.45) is 0. The summed E-state index contributed by atoms with van der Waals surface area (Å²) in [5.74, 6) is -0.357. The molecule has 0 spiro atoms. The van der Waals surface area contributed by atoms with Gasteiger partial charge in [-0.05, 0) is 55.8 Å². The summed E-state index contributed by atoms with van der Waals surface area (Å²) in [6.45, 7) is 3.84. The number of amides is 1. The van der Waals surface area contributed by atoms with Crippen molar-refractivity contribution in [2.75, 3.05) is 16.7 Å². The van der Waals surface area contributed by atoms with E-state index in [9.17, 15) is 13.2 Å². The van der Waals surface area contributed by atoms with Gasteiger partial charge in [-0.2, -0.15) is 0 Å². The fraction of sp³-hybridized carbons (Fsp3) is 0.136. The average molecular weight is 394 g/mol. The van der Waals surface area contributed by atoms with Crippen molar-refractivity contribution in [2.24, 2.45) is 0 Å². The Morgan fingerprint density at radius 3 is 2.25 bits per heavy atom. The molecule has 1 N–H and O–H groups in total. The number of sulfonamides is 1. The van der Waals surface area contributed by atoms with E-state index in [0.29, 0.717) is 11.4 Å². The lowest BCUT2D eigenvalue weighted by atomic mass is 10.1. The van der Waals surface area contributed by atoms with Crippen molar-refractivity contribution in [1.29, 1.82) is 0 Å². The third-order valence-electron chi connectivity index (χ3n) is 4.55. The number of carbonyl (C=O) groups excluding carboxylic acids is 1. The van der Waals surface area contributed by atoms with Crippen molar-refractivity contribution in [3.63, 3.8) is 0 Å². The van der Waals surface area contributed by atoms with E-state index < -0.39 is 10.0 Å². The van der Waals surface area contributed by atoms with Gasteiger partial charge in [-0.15, -0.1) is 0 Å². The van der Waals surface area contributed by atoms with E-state index in [1.165, 1.54) is 23.5 Å². The highest BCUT2D eigenvalue weighted by Crippen LogP contribution is 2.23. The van der Waals surface area contributed by atoms with E-state index in [1.807, 2.05) is 44.2 Å². The number of benzene rings is 3. The van der Waals surface area contributed by atoms with Crippen LogP contribution in [0, 0.1) is 13.8 Å². The van der Waals surface area contributed by atoms with E-state index in [-0.39, 0.29) is 16.4 Å². The molecule has 0 aliphatic heterocycles. The maximum absolute atomic E-state index is 13.0. The number of para-hydroxylation sites is 1. The Bertz CT molecular complexity index is 1110. The highest BCUT2D eigenvalue weighted by molar-refractivity contribution is 7.92. The van der Waals surface area contributed by atoms with Crippen molar-refractivity contribution in [2.45, 2.75) is 18.7 Å². The molecule has 3 rings (SSSR count). The number of anilines is 2. The van der Waals surface area contributed by atoms with Crippen LogP contribution in [-0.4, -0.2) is 21.4 Å². The summed E-state index contributed by atoms with van der Waals surface area (Å²) >= 11 is 0. The number of hydrogen-bond donors (Lipinski definition) is 1. The van der Waals surface area contributed by atoms with Crippen LogP contribution < -0.4 is 9.62 Å². The lowest BCUT2D eigenvalue weighted by Crippen LogP contribution is -2.26. The van der Waals surface area contributed by atoms with Crippen LogP contribution in [0.4, 0.5) is 11.4 Å². The molecule has 3 aromatic rings. The zero-order valence-corrected chi connectivity index (χ0v) is 16.8. The highest BCUT2D eigenvalue weighted by Gasteiger charge is 2.22. The fourth-order valence-corrected chi connectivity index (χ4v) is 4.00. The molecule has 0 bridgehead atoms. The van der Waals surface area contributed by atoms with Crippen LogP contribution >= 0.6 is 0 Å². The Balaban J connectivity index is 1.88. The second-order valence-electron chi connectivity index (χ2n) is 6.60. The van der Waals surface area contributed by atoms with Crippen LogP contribution in [0.15, 0.2) is 77.7 Å². The molecule has 0 saturated carbocycles. The summed E-state index contributed by atoms with van der Waals surface area (Å²) in [5, 5.41) is 2.82. The number of carbonyl (C=O) groups is 1. The number of nitrogens with zero attached hydrogens (tertiary/aromatic N) is 1. The average Bonchev–Trinajstić information content (AvgIpc) is 2.70. The predicted octanol–water partition coefficient (Wildman–Crippen LogP) is 4.38. The lowest BCUT2D eigenvalue weighted by Gasteiger charge is -2.20. The fourth-order valence-electron chi connectivity index (χ4n) is 2.76. The molecule has 0 fully saturated rings. The molecule has 0 aliphatic carbocycles. The Morgan fingerprint density at radius 1 is 0.893 bits per heavy atom. The van der Waals surface area contributed by atoms with Crippen molar-refractivity contribution >= 4 is 27.3 Å². The first-order valence-electron chi connectivity index (χ1n) is 8.82. The molecule has 0 radical (unpaired) electrons. The number of aryl methyl sites for hydroxylation is 2. The summed E-state index contributed by atoms with van der Waals surface area (Å²) in [6, 6.07) is 20.7. The minimum atomic E-state index is -3.79. The topological polar surface area (TPSA) is 66.5 Å². The molecule has 5 nitrogen and oxygen atoms in total. The zero-order chi connectivity index (χ0) is 20.3.